The van der Waals surface area contributed by atoms with Crippen LogP contribution >= 0.6 is 0 Å². The van der Waals surface area contributed by atoms with Gasteiger partial charge >= 0.3 is 6.03 Å². The minimum absolute atomic E-state index is 0.0212. The number of rotatable bonds is 3. The molecule has 0 spiro atoms. The average Bonchev–Trinajstić information content (AvgIpc) is 2.28. The van der Waals surface area contributed by atoms with Crippen LogP contribution in [0.1, 0.15) is 0 Å². The first kappa shape index (κ1) is 13.2. The number of amides is 2. The van der Waals surface area contributed by atoms with Crippen molar-refractivity contribution in [2.45, 2.75) is 0 Å². The molecular formula is C9H11N5O4. The number of nitro benzene ring substituents is 1. The monoisotopic (exact) mass is 253 g/mol. The van der Waals surface area contributed by atoms with Crippen LogP contribution in [0.15, 0.2) is 23.2 Å². The number of nitrogens with zero attached hydrogens (tertiary/aromatic N) is 2. The fourth-order valence-electron chi connectivity index (χ4n) is 1.15. The summed E-state index contributed by atoms with van der Waals surface area (Å²) in [5.41, 5.74) is 9.83. The number of benzene rings is 1. The van der Waals surface area contributed by atoms with E-state index in [0.717, 1.165) is 0 Å². The molecule has 0 radical (unpaired) electrons. The molecule has 96 valence electrons. The van der Waals surface area contributed by atoms with Crippen LogP contribution in [-0.2, 0) is 0 Å². The van der Waals surface area contributed by atoms with Crippen LogP contribution < -0.4 is 21.5 Å². The van der Waals surface area contributed by atoms with Crippen LogP contribution in [0.2, 0.25) is 0 Å². The van der Waals surface area contributed by atoms with E-state index in [1.807, 2.05) is 5.32 Å². The number of urea groups is 1. The molecule has 0 unspecified atom stereocenters. The molecule has 0 atom stereocenters. The molecule has 0 saturated carbocycles. The number of hydrogen-bond acceptors (Lipinski definition) is 5. The third kappa shape index (κ3) is 3.33. The van der Waals surface area contributed by atoms with Gasteiger partial charge in [-0.3, -0.25) is 15.4 Å². The third-order valence-electron chi connectivity index (χ3n) is 1.87. The Morgan fingerprint density at radius 2 is 2.17 bits per heavy atom. The van der Waals surface area contributed by atoms with E-state index in [4.69, 9.17) is 16.2 Å². The summed E-state index contributed by atoms with van der Waals surface area (Å²) >= 11 is 0. The predicted molar refractivity (Wildman–Crippen MR) is 63.6 cm³/mol. The van der Waals surface area contributed by atoms with Crippen molar-refractivity contribution in [1.82, 2.24) is 5.32 Å². The molecule has 0 heterocycles. The second kappa shape index (κ2) is 5.48. The van der Waals surface area contributed by atoms with E-state index < -0.39 is 11.0 Å². The average molecular weight is 253 g/mol. The number of ether oxygens (including phenoxy) is 1. The zero-order valence-corrected chi connectivity index (χ0v) is 9.41. The van der Waals surface area contributed by atoms with E-state index in [1.54, 1.807) is 0 Å². The molecule has 0 saturated heterocycles. The molecule has 0 bridgehead atoms. The first-order valence-corrected chi connectivity index (χ1v) is 4.67. The second-order valence-electron chi connectivity index (χ2n) is 3.10. The summed E-state index contributed by atoms with van der Waals surface area (Å²) in [6.45, 7) is 0. The second-order valence-corrected chi connectivity index (χ2v) is 3.10. The van der Waals surface area contributed by atoms with Crippen molar-refractivity contribution >= 4 is 23.4 Å². The number of hydrogen-bond donors (Lipinski definition) is 3. The van der Waals surface area contributed by atoms with Crippen LogP contribution in [-0.4, -0.2) is 24.0 Å². The number of aliphatic imine (C=N–C) groups is 1. The summed E-state index contributed by atoms with van der Waals surface area (Å²) in [6, 6.07) is 3.10. The van der Waals surface area contributed by atoms with Gasteiger partial charge in [0.05, 0.1) is 18.1 Å². The normalized spacial score (nSPS) is 10.8. The standard InChI is InChI=1S/C9H11N5O4/c1-18-5-2-3-6(7(4-5)14(16)17)12-8(10)13-9(11)15/h2-4H,1H3,(H5,10,11,12,13,15). The summed E-state index contributed by atoms with van der Waals surface area (Å²) in [6.07, 6.45) is 0. The highest BCUT2D eigenvalue weighted by molar-refractivity contribution is 5.96. The molecule has 18 heavy (non-hydrogen) atoms. The van der Waals surface area contributed by atoms with Gasteiger partial charge in [-0.25, -0.2) is 9.79 Å². The Kier molecular flexibility index (Phi) is 4.02. The molecular weight excluding hydrogens is 242 g/mol. The lowest BCUT2D eigenvalue weighted by Crippen LogP contribution is -2.39. The SMILES string of the molecule is COc1ccc(N=C(N)NC(N)=O)c([N+](=O)[O-])c1. The number of guanidine groups is 1. The zero-order chi connectivity index (χ0) is 13.7. The molecule has 2 amide bonds. The lowest BCUT2D eigenvalue weighted by atomic mass is 10.2. The van der Waals surface area contributed by atoms with Crippen LogP contribution in [0.25, 0.3) is 0 Å². The Bertz CT molecular complexity index is 514. The van der Waals surface area contributed by atoms with Gasteiger partial charge in [-0.15, -0.1) is 0 Å². The van der Waals surface area contributed by atoms with Crippen molar-refractivity contribution in [2.75, 3.05) is 7.11 Å². The molecule has 0 aliphatic rings. The van der Waals surface area contributed by atoms with Crippen LogP contribution in [0, 0.1) is 10.1 Å². The number of methoxy groups -OCH3 is 1. The lowest BCUT2D eigenvalue weighted by molar-refractivity contribution is -0.384. The first-order valence-electron chi connectivity index (χ1n) is 4.67. The Balaban J connectivity index is 3.16. The Morgan fingerprint density at radius 3 is 2.67 bits per heavy atom. The Labute approximate surface area is 102 Å². The van der Waals surface area contributed by atoms with Crippen molar-refractivity contribution in [2.24, 2.45) is 16.5 Å². The van der Waals surface area contributed by atoms with Gasteiger partial charge < -0.3 is 16.2 Å². The molecule has 0 aliphatic carbocycles. The molecule has 9 nitrogen and oxygen atoms in total. The van der Waals surface area contributed by atoms with E-state index >= 15 is 0 Å². The molecule has 0 aliphatic heterocycles. The lowest BCUT2D eigenvalue weighted by Gasteiger charge is -2.03. The summed E-state index contributed by atoms with van der Waals surface area (Å²) < 4.78 is 4.86. The van der Waals surface area contributed by atoms with E-state index in [0.29, 0.717) is 5.75 Å². The Hall–Kier alpha value is -2.84. The van der Waals surface area contributed by atoms with Crippen molar-refractivity contribution in [3.05, 3.63) is 28.3 Å². The molecule has 1 rings (SSSR count). The van der Waals surface area contributed by atoms with Gasteiger partial charge in [0, 0.05) is 0 Å². The van der Waals surface area contributed by atoms with Gasteiger partial charge in [0.1, 0.15) is 11.4 Å². The number of nitrogens with one attached hydrogen (secondary N) is 1. The molecule has 5 N–H and O–H groups in total. The fourth-order valence-corrected chi connectivity index (χ4v) is 1.15. The van der Waals surface area contributed by atoms with Gasteiger partial charge in [0.25, 0.3) is 5.69 Å². The van der Waals surface area contributed by atoms with E-state index in [2.05, 4.69) is 4.99 Å². The number of primary amides is 1. The van der Waals surface area contributed by atoms with E-state index in [-0.39, 0.29) is 17.3 Å². The highest BCUT2D eigenvalue weighted by Gasteiger charge is 2.15. The summed E-state index contributed by atoms with van der Waals surface area (Å²) in [5.74, 6) is -0.0298. The summed E-state index contributed by atoms with van der Waals surface area (Å²) in [7, 11) is 1.38. The number of carbonyl (C=O) groups excluding carboxylic acids is 1. The number of carbonyl (C=O) groups is 1. The number of nitrogens with two attached hydrogens (primary N) is 2. The van der Waals surface area contributed by atoms with Crippen LogP contribution in [0.4, 0.5) is 16.2 Å². The topological polar surface area (TPSA) is 146 Å². The van der Waals surface area contributed by atoms with Crippen molar-refractivity contribution in [3.63, 3.8) is 0 Å². The molecule has 1 aromatic carbocycles. The first-order chi connectivity index (χ1) is 8.43. The van der Waals surface area contributed by atoms with E-state index in [9.17, 15) is 14.9 Å². The molecule has 1 aromatic rings. The number of nitro groups is 1. The van der Waals surface area contributed by atoms with Gasteiger partial charge in [0.15, 0.2) is 0 Å². The smallest absolute Gasteiger partial charge is 0.318 e. The zero-order valence-electron chi connectivity index (χ0n) is 9.41. The maximum Gasteiger partial charge on any atom is 0.318 e. The summed E-state index contributed by atoms with van der Waals surface area (Å²) in [5, 5.41) is 12.8. The van der Waals surface area contributed by atoms with Gasteiger partial charge in [0.2, 0.25) is 5.96 Å². The minimum atomic E-state index is -0.910. The highest BCUT2D eigenvalue weighted by atomic mass is 16.6. The maximum atomic E-state index is 10.8. The Morgan fingerprint density at radius 1 is 1.50 bits per heavy atom. The van der Waals surface area contributed by atoms with Crippen LogP contribution in [0.5, 0.6) is 5.75 Å². The highest BCUT2D eigenvalue weighted by Crippen LogP contribution is 2.30. The van der Waals surface area contributed by atoms with Crippen molar-refractivity contribution in [3.8, 4) is 5.75 Å². The predicted octanol–water partition coefficient (Wildman–Crippen LogP) is 0.218. The van der Waals surface area contributed by atoms with Gasteiger partial charge in [-0.1, -0.05) is 0 Å². The largest absolute Gasteiger partial charge is 0.496 e. The van der Waals surface area contributed by atoms with Gasteiger partial charge in [-0.2, -0.15) is 0 Å². The summed E-state index contributed by atoms with van der Waals surface area (Å²) in [4.78, 5) is 24.4. The fraction of sp³-hybridized carbons (Fsp3) is 0.111. The van der Waals surface area contributed by atoms with Crippen LogP contribution in [0.3, 0.4) is 0 Å². The minimum Gasteiger partial charge on any atom is -0.496 e. The molecule has 9 heteroatoms. The molecule has 0 fully saturated rings. The van der Waals surface area contributed by atoms with Crippen molar-refractivity contribution in [1.29, 1.82) is 0 Å². The third-order valence-corrected chi connectivity index (χ3v) is 1.87. The maximum absolute atomic E-state index is 10.8. The quantitative estimate of drug-likeness (QED) is 0.305. The van der Waals surface area contributed by atoms with Crippen molar-refractivity contribution < 1.29 is 14.5 Å². The van der Waals surface area contributed by atoms with E-state index in [1.165, 1.54) is 25.3 Å². The van der Waals surface area contributed by atoms with Gasteiger partial charge in [-0.05, 0) is 12.1 Å². The molecule has 0 aromatic heterocycles.